The molecule has 0 saturated carbocycles. The van der Waals surface area contributed by atoms with Crippen molar-refractivity contribution in [2.24, 2.45) is 0 Å². The molecule has 0 spiro atoms. The number of methoxy groups -OCH3 is 1. The Morgan fingerprint density at radius 2 is 2.26 bits per heavy atom. The SMILES string of the molecule is CNCCCC(=O)NC(CC(=O)OC)c1cccs1. The lowest BCUT2D eigenvalue weighted by Crippen LogP contribution is -2.30. The van der Waals surface area contributed by atoms with E-state index >= 15 is 0 Å². The first-order valence-electron chi connectivity index (χ1n) is 6.21. The van der Waals surface area contributed by atoms with Gasteiger partial charge in [-0.05, 0) is 31.5 Å². The third-order valence-electron chi connectivity index (χ3n) is 2.65. The zero-order chi connectivity index (χ0) is 14.1. The van der Waals surface area contributed by atoms with Gasteiger partial charge >= 0.3 is 5.97 Å². The smallest absolute Gasteiger partial charge is 0.307 e. The molecule has 1 aromatic heterocycles. The molecule has 1 aromatic rings. The summed E-state index contributed by atoms with van der Waals surface area (Å²) in [5.41, 5.74) is 0. The van der Waals surface area contributed by atoms with E-state index in [1.54, 1.807) is 0 Å². The molecule has 1 unspecified atom stereocenters. The summed E-state index contributed by atoms with van der Waals surface area (Å²) in [6.07, 6.45) is 1.39. The highest BCUT2D eigenvalue weighted by molar-refractivity contribution is 7.10. The van der Waals surface area contributed by atoms with Crippen LogP contribution in [-0.2, 0) is 14.3 Å². The summed E-state index contributed by atoms with van der Waals surface area (Å²) in [4.78, 5) is 24.2. The number of carbonyl (C=O) groups excluding carboxylic acids is 2. The fourth-order valence-electron chi connectivity index (χ4n) is 1.65. The maximum absolute atomic E-state index is 11.8. The largest absolute Gasteiger partial charge is 0.469 e. The Kier molecular flexibility index (Phi) is 7.14. The van der Waals surface area contributed by atoms with Crippen LogP contribution in [0.25, 0.3) is 0 Å². The number of nitrogens with one attached hydrogen (secondary N) is 2. The molecular weight excluding hydrogens is 264 g/mol. The van der Waals surface area contributed by atoms with E-state index in [4.69, 9.17) is 0 Å². The average Bonchev–Trinajstić information content (AvgIpc) is 2.92. The Morgan fingerprint density at radius 1 is 1.47 bits per heavy atom. The van der Waals surface area contributed by atoms with Gasteiger partial charge in [0.25, 0.3) is 0 Å². The van der Waals surface area contributed by atoms with E-state index in [-0.39, 0.29) is 24.3 Å². The highest BCUT2D eigenvalue weighted by Gasteiger charge is 2.19. The quantitative estimate of drug-likeness (QED) is 0.560. The van der Waals surface area contributed by atoms with Crippen LogP contribution in [0.2, 0.25) is 0 Å². The van der Waals surface area contributed by atoms with E-state index in [0.29, 0.717) is 6.42 Å². The highest BCUT2D eigenvalue weighted by atomic mass is 32.1. The van der Waals surface area contributed by atoms with Gasteiger partial charge in [-0.25, -0.2) is 0 Å². The molecule has 0 aliphatic carbocycles. The maximum atomic E-state index is 11.8. The van der Waals surface area contributed by atoms with Crippen LogP contribution in [0.1, 0.15) is 30.2 Å². The van der Waals surface area contributed by atoms with Crippen LogP contribution in [0.4, 0.5) is 0 Å². The Labute approximate surface area is 117 Å². The van der Waals surface area contributed by atoms with Crippen LogP contribution < -0.4 is 10.6 Å². The van der Waals surface area contributed by atoms with Gasteiger partial charge in [0.15, 0.2) is 0 Å². The van der Waals surface area contributed by atoms with Gasteiger partial charge in [0.2, 0.25) is 5.91 Å². The van der Waals surface area contributed by atoms with Crippen molar-refractivity contribution in [1.29, 1.82) is 0 Å². The number of amides is 1. The average molecular weight is 284 g/mol. The van der Waals surface area contributed by atoms with E-state index in [1.165, 1.54) is 18.4 Å². The van der Waals surface area contributed by atoms with Gasteiger partial charge in [0.1, 0.15) is 0 Å². The van der Waals surface area contributed by atoms with Crippen LogP contribution in [0.15, 0.2) is 17.5 Å². The number of esters is 1. The van der Waals surface area contributed by atoms with Crippen LogP contribution in [0.5, 0.6) is 0 Å². The lowest BCUT2D eigenvalue weighted by molar-refractivity contribution is -0.141. The van der Waals surface area contributed by atoms with E-state index < -0.39 is 0 Å². The van der Waals surface area contributed by atoms with Crippen molar-refractivity contribution in [3.8, 4) is 0 Å². The summed E-state index contributed by atoms with van der Waals surface area (Å²) in [5, 5.41) is 7.80. The van der Waals surface area contributed by atoms with Crippen LogP contribution in [0, 0.1) is 0 Å². The minimum absolute atomic E-state index is 0.0439. The second-order valence-corrected chi connectivity index (χ2v) is 5.10. The van der Waals surface area contributed by atoms with E-state index in [1.807, 2.05) is 24.6 Å². The van der Waals surface area contributed by atoms with E-state index in [0.717, 1.165) is 17.8 Å². The van der Waals surface area contributed by atoms with Crippen molar-refractivity contribution in [1.82, 2.24) is 10.6 Å². The molecule has 0 radical (unpaired) electrons. The van der Waals surface area contributed by atoms with Crippen molar-refractivity contribution < 1.29 is 14.3 Å². The summed E-state index contributed by atoms with van der Waals surface area (Å²) >= 11 is 1.52. The molecule has 0 aromatic carbocycles. The minimum Gasteiger partial charge on any atom is -0.469 e. The molecule has 2 N–H and O–H groups in total. The van der Waals surface area contributed by atoms with Gasteiger partial charge in [0.05, 0.1) is 19.6 Å². The molecule has 0 bridgehead atoms. The number of hydrogen-bond acceptors (Lipinski definition) is 5. The summed E-state index contributed by atoms with van der Waals surface area (Å²) in [6, 6.07) is 3.51. The zero-order valence-electron chi connectivity index (χ0n) is 11.3. The Hall–Kier alpha value is -1.40. The second kappa shape index (κ2) is 8.66. The molecule has 0 aliphatic heterocycles. The van der Waals surface area contributed by atoms with Crippen LogP contribution in [-0.4, -0.2) is 32.6 Å². The monoisotopic (exact) mass is 284 g/mol. The highest BCUT2D eigenvalue weighted by Crippen LogP contribution is 2.22. The van der Waals surface area contributed by atoms with Crippen molar-refractivity contribution in [3.63, 3.8) is 0 Å². The van der Waals surface area contributed by atoms with Gasteiger partial charge in [-0.1, -0.05) is 6.07 Å². The van der Waals surface area contributed by atoms with Gasteiger partial charge in [-0.15, -0.1) is 11.3 Å². The zero-order valence-corrected chi connectivity index (χ0v) is 12.1. The molecule has 1 atom stereocenters. The fraction of sp³-hybridized carbons (Fsp3) is 0.538. The number of hydrogen-bond donors (Lipinski definition) is 2. The number of carbonyl (C=O) groups is 2. The van der Waals surface area contributed by atoms with Gasteiger partial charge in [0, 0.05) is 11.3 Å². The van der Waals surface area contributed by atoms with Crippen molar-refractivity contribution >= 4 is 23.2 Å². The Morgan fingerprint density at radius 3 is 2.84 bits per heavy atom. The predicted octanol–water partition coefficient (Wildman–Crippen LogP) is 1.47. The minimum atomic E-state index is -0.325. The van der Waals surface area contributed by atoms with Crippen molar-refractivity contribution in [2.75, 3.05) is 20.7 Å². The molecule has 0 saturated heterocycles. The molecule has 6 heteroatoms. The lowest BCUT2D eigenvalue weighted by atomic mass is 10.1. The first kappa shape index (κ1) is 15.7. The predicted molar refractivity (Wildman–Crippen MR) is 75.0 cm³/mol. The summed E-state index contributed by atoms with van der Waals surface area (Å²) in [5.74, 6) is -0.369. The number of ether oxygens (including phenoxy) is 1. The fourth-order valence-corrected chi connectivity index (χ4v) is 2.43. The third kappa shape index (κ3) is 5.85. The second-order valence-electron chi connectivity index (χ2n) is 4.12. The van der Waals surface area contributed by atoms with Gasteiger partial charge in [-0.3, -0.25) is 9.59 Å². The third-order valence-corrected chi connectivity index (χ3v) is 3.64. The maximum Gasteiger partial charge on any atom is 0.307 e. The molecular formula is C13H20N2O3S. The van der Waals surface area contributed by atoms with E-state index in [2.05, 4.69) is 15.4 Å². The molecule has 1 amide bonds. The summed E-state index contributed by atoms with van der Waals surface area (Å²) < 4.78 is 4.66. The van der Waals surface area contributed by atoms with Crippen LogP contribution in [0.3, 0.4) is 0 Å². The molecule has 19 heavy (non-hydrogen) atoms. The number of thiophene rings is 1. The van der Waals surface area contributed by atoms with E-state index in [9.17, 15) is 9.59 Å². The summed E-state index contributed by atoms with van der Waals surface area (Å²) in [6.45, 7) is 0.800. The normalized spacial score (nSPS) is 11.9. The first-order valence-corrected chi connectivity index (χ1v) is 7.09. The first-order chi connectivity index (χ1) is 9.17. The van der Waals surface area contributed by atoms with Crippen molar-refractivity contribution in [2.45, 2.75) is 25.3 Å². The van der Waals surface area contributed by atoms with Crippen LogP contribution >= 0.6 is 11.3 Å². The molecule has 5 nitrogen and oxygen atoms in total. The molecule has 0 fully saturated rings. The topological polar surface area (TPSA) is 67.4 Å². The van der Waals surface area contributed by atoms with Crippen molar-refractivity contribution in [3.05, 3.63) is 22.4 Å². The van der Waals surface area contributed by atoms with Gasteiger partial charge < -0.3 is 15.4 Å². The Balaban J connectivity index is 2.54. The lowest BCUT2D eigenvalue weighted by Gasteiger charge is -2.16. The molecule has 1 rings (SSSR count). The molecule has 106 valence electrons. The standard InChI is InChI=1S/C13H20N2O3S/c1-14-7-3-6-12(16)15-10(9-13(17)18-2)11-5-4-8-19-11/h4-5,8,10,14H,3,6-7,9H2,1-2H3,(H,15,16). The van der Waals surface area contributed by atoms with Gasteiger partial charge in [-0.2, -0.15) is 0 Å². The Bertz CT molecular complexity index is 393. The summed E-state index contributed by atoms with van der Waals surface area (Å²) in [7, 11) is 3.20. The number of rotatable bonds is 8. The molecule has 1 heterocycles. The molecule has 0 aliphatic rings.